The highest BCUT2D eigenvalue weighted by molar-refractivity contribution is 5.98. The minimum Gasteiger partial charge on any atom is -0.488 e. The molecule has 0 saturated heterocycles. The molecule has 1 amide bonds. The van der Waals surface area contributed by atoms with Crippen LogP contribution >= 0.6 is 0 Å². The molecule has 2 aromatic rings. The molecule has 27 heavy (non-hydrogen) atoms. The van der Waals surface area contributed by atoms with Gasteiger partial charge in [-0.3, -0.25) is 9.78 Å². The fourth-order valence-electron chi connectivity index (χ4n) is 2.99. The number of hydrogen-bond donors (Lipinski definition) is 2. The van der Waals surface area contributed by atoms with E-state index in [1.807, 2.05) is 32.9 Å². The number of nitrogens with one attached hydrogen (secondary N) is 1. The molecular weight excluding hydrogens is 344 g/mol. The molecular formula is C21H26N2O4. The van der Waals surface area contributed by atoms with Gasteiger partial charge in [-0.05, 0) is 56.5 Å². The first-order chi connectivity index (χ1) is 12.8. The van der Waals surface area contributed by atoms with E-state index in [1.165, 1.54) is 6.92 Å². The maximum atomic E-state index is 12.6. The Morgan fingerprint density at radius 1 is 1.26 bits per heavy atom. The molecule has 0 spiro atoms. The Balaban J connectivity index is 2.17. The summed E-state index contributed by atoms with van der Waals surface area (Å²) in [6.07, 6.45) is 4.46. The number of nitrogens with zero attached hydrogens (tertiary/aromatic N) is 1. The molecule has 2 rings (SSSR count). The van der Waals surface area contributed by atoms with Gasteiger partial charge in [0.15, 0.2) is 0 Å². The van der Waals surface area contributed by atoms with E-state index < -0.39 is 17.4 Å². The van der Waals surface area contributed by atoms with Gasteiger partial charge in [0.05, 0.1) is 0 Å². The Morgan fingerprint density at radius 2 is 1.93 bits per heavy atom. The second-order valence-electron chi connectivity index (χ2n) is 6.93. The highest BCUT2D eigenvalue weighted by Gasteiger charge is 2.34. The van der Waals surface area contributed by atoms with Gasteiger partial charge in [-0.25, -0.2) is 4.79 Å². The first kappa shape index (κ1) is 20.4. The number of carboxylic acids is 1. The number of carbonyl (C=O) groups excluding carboxylic acids is 1. The molecule has 0 fully saturated rings. The number of ether oxygens (including phenoxy) is 1. The second kappa shape index (κ2) is 8.66. The molecule has 6 heteroatoms. The SMILES string of the molecule is CCCC(C)(NC(=O)c1cc(C)c(OCc2cccnc2)c(C)c1)C(=O)O. The van der Waals surface area contributed by atoms with Crippen molar-refractivity contribution in [3.8, 4) is 5.75 Å². The minimum absolute atomic E-state index is 0.359. The van der Waals surface area contributed by atoms with Crippen LogP contribution < -0.4 is 10.1 Å². The van der Waals surface area contributed by atoms with Gasteiger partial charge < -0.3 is 15.2 Å². The number of rotatable bonds is 8. The first-order valence-electron chi connectivity index (χ1n) is 8.95. The molecule has 0 aliphatic carbocycles. The molecule has 144 valence electrons. The van der Waals surface area contributed by atoms with Gasteiger partial charge in [0.2, 0.25) is 0 Å². The van der Waals surface area contributed by atoms with E-state index in [4.69, 9.17) is 4.74 Å². The number of aryl methyl sites for hydroxylation is 2. The van der Waals surface area contributed by atoms with Crippen LogP contribution in [0.15, 0.2) is 36.7 Å². The van der Waals surface area contributed by atoms with Crippen LogP contribution in [-0.4, -0.2) is 27.5 Å². The summed E-state index contributed by atoms with van der Waals surface area (Å²) in [6.45, 7) is 7.53. The van der Waals surface area contributed by atoms with Gasteiger partial charge in [0.25, 0.3) is 5.91 Å². The van der Waals surface area contributed by atoms with Crippen molar-refractivity contribution in [3.63, 3.8) is 0 Å². The van der Waals surface area contributed by atoms with E-state index in [0.717, 1.165) is 16.7 Å². The lowest BCUT2D eigenvalue weighted by Gasteiger charge is -2.26. The number of hydrogen-bond acceptors (Lipinski definition) is 4. The fraction of sp³-hybridized carbons (Fsp3) is 0.381. The largest absolute Gasteiger partial charge is 0.488 e. The number of carbonyl (C=O) groups is 2. The summed E-state index contributed by atoms with van der Waals surface area (Å²) >= 11 is 0. The van der Waals surface area contributed by atoms with Crippen molar-refractivity contribution in [2.75, 3.05) is 0 Å². The van der Waals surface area contributed by atoms with Crippen LogP contribution in [0.3, 0.4) is 0 Å². The smallest absolute Gasteiger partial charge is 0.329 e. The molecule has 0 saturated carbocycles. The number of pyridine rings is 1. The molecule has 2 N–H and O–H groups in total. The number of amides is 1. The van der Waals surface area contributed by atoms with Crippen LogP contribution in [0.4, 0.5) is 0 Å². The Morgan fingerprint density at radius 3 is 2.44 bits per heavy atom. The van der Waals surface area contributed by atoms with Crippen molar-refractivity contribution in [1.29, 1.82) is 0 Å². The summed E-state index contributed by atoms with van der Waals surface area (Å²) in [7, 11) is 0. The summed E-state index contributed by atoms with van der Waals surface area (Å²) in [6, 6.07) is 7.21. The number of benzene rings is 1. The second-order valence-corrected chi connectivity index (χ2v) is 6.93. The predicted molar refractivity (Wildman–Crippen MR) is 103 cm³/mol. The quantitative estimate of drug-likeness (QED) is 0.740. The molecule has 1 atom stereocenters. The summed E-state index contributed by atoms with van der Waals surface area (Å²) in [5.74, 6) is -0.731. The fourth-order valence-corrected chi connectivity index (χ4v) is 2.99. The average Bonchev–Trinajstić information content (AvgIpc) is 2.61. The van der Waals surface area contributed by atoms with E-state index >= 15 is 0 Å². The predicted octanol–water partition coefficient (Wildman–Crippen LogP) is 3.65. The van der Waals surface area contributed by atoms with Crippen LogP contribution in [0.2, 0.25) is 0 Å². The third-order valence-corrected chi connectivity index (χ3v) is 4.44. The van der Waals surface area contributed by atoms with Gasteiger partial charge >= 0.3 is 5.97 Å². The van der Waals surface area contributed by atoms with Gasteiger partial charge in [-0.15, -0.1) is 0 Å². The summed E-state index contributed by atoms with van der Waals surface area (Å²) in [5, 5.41) is 12.1. The molecule has 0 radical (unpaired) electrons. The van der Waals surface area contributed by atoms with Crippen LogP contribution in [0.5, 0.6) is 5.75 Å². The van der Waals surface area contributed by atoms with E-state index in [9.17, 15) is 14.7 Å². The highest BCUT2D eigenvalue weighted by atomic mass is 16.5. The lowest BCUT2D eigenvalue weighted by Crippen LogP contribution is -2.52. The number of carboxylic acid groups (broad SMARTS) is 1. The molecule has 0 aliphatic heterocycles. The van der Waals surface area contributed by atoms with Crippen molar-refractivity contribution in [1.82, 2.24) is 10.3 Å². The lowest BCUT2D eigenvalue weighted by atomic mass is 9.95. The highest BCUT2D eigenvalue weighted by Crippen LogP contribution is 2.26. The minimum atomic E-state index is -1.29. The Labute approximate surface area is 159 Å². The zero-order valence-electron chi connectivity index (χ0n) is 16.2. The summed E-state index contributed by atoms with van der Waals surface area (Å²) in [4.78, 5) is 28.2. The lowest BCUT2D eigenvalue weighted by molar-refractivity contribution is -0.144. The zero-order chi connectivity index (χ0) is 20.0. The molecule has 6 nitrogen and oxygen atoms in total. The molecule has 1 aromatic carbocycles. The standard InChI is InChI=1S/C21H26N2O4/c1-5-8-21(4,20(25)26)23-19(24)17-10-14(2)18(15(3)11-17)27-13-16-7-6-9-22-12-16/h6-7,9-12H,5,8,13H2,1-4H3,(H,23,24)(H,25,26). The Kier molecular flexibility index (Phi) is 6.55. The molecule has 1 aromatic heterocycles. The van der Waals surface area contributed by atoms with Gasteiger partial charge in [0, 0.05) is 23.5 Å². The van der Waals surface area contributed by atoms with E-state index in [2.05, 4.69) is 10.3 Å². The molecule has 0 aliphatic rings. The van der Waals surface area contributed by atoms with Crippen molar-refractivity contribution >= 4 is 11.9 Å². The Bertz CT molecular complexity index is 797. The normalized spacial score (nSPS) is 12.9. The summed E-state index contributed by atoms with van der Waals surface area (Å²) in [5.41, 5.74) is 1.72. The Hall–Kier alpha value is -2.89. The van der Waals surface area contributed by atoms with Gasteiger partial charge in [-0.2, -0.15) is 0 Å². The number of aromatic nitrogens is 1. The zero-order valence-corrected chi connectivity index (χ0v) is 16.2. The van der Waals surface area contributed by atoms with Crippen molar-refractivity contribution in [3.05, 3.63) is 58.9 Å². The molecule has 0 bridgehead atoms. The van der Waals surface area contributed by atoms with Crippen LogP contribution in [0.1, 0.15) is 53.7 Å². The van der Waals surface area contributed by atoms with Gasteiger partial charge in [0.1, 0.15) is 17.9 Å². The maximum Gasteiger partial charge on any atom is 0.329 e. The van der Waals surface area contributed by atoms with Crippen molar-refractivity contribution in [2.24, 2.45) is 0 Å². The van der Waals surface area contributed by atoms with Crippen molar-refractivity contribution < 1.29 is 19.4 Å². The molecule has 1 unspecified atom stereocenters. The summed E-state index contributed by atoms with van der Waals surface area (Å²) < 4.78 is 5.90. The topological polar surface area (TPSA) is 88.5 Å². The van der Waals surface area contributed by atoms with E-state index in [-0.39, 0.29) is 0 Å². The van der Waals surface area contributed by atoms with E-state index in [0.29, 0.717) is 30.8 Å². The van der Waals surface area contributed by atoms with Crippen LogP contribution in [-0.2, 0) is 11.4 Å². The van der Waals surface area contributed by atoms with E-state index in [1.54, 1.807) is 24.5 Å². The maximum absolute atomic E-state index is 12.6. The number of aliphatic carboxylic acids is 1. The van der Waals surface area contributed by atoms with Gasteiger partial charge in [-0.1, -0.05) is 19.4 Å². The van der Waals surface area contributed by atoms with Crippen molar-refractivity contribution in [2.45, 2.75) is 52.7 Å². The van der Waals surface area contributed by atoms with Crippen LogP contribution in [0, 0.1) is 13.8 Å². The monoisotopic (exact) mass is 370 g/mol. The first-order valence-corrected chi connectivity index (χ1v) is 8.95. The van der Waals surface area contributed by atoms with Crippen LogP contribution in [0.25, 0.3) is 0 Å². The third-order valence-electron chi connectivity index (χ3n) is 4.44. The third kappa shape index (κ3) is 5.06. The molecule has 1 heterocycles. The average molecular weight is 370 g/mol.